The monoisotopic (exact) mass is 337 g/mol. The van der Waals surface area contributed by atoms with Crippen molar-refractivity contribution in [3.8, 4) is 0 Å². The lowest BCUT2D eigenvalue weighted by molar-refractivity contribution is 0.0695. The summed E-state index contributed by atoms with van der Waals surface area (Å²) in [6.07, 6.45) is 6.81. The first-order valence-corrected chi connectivity index (χ1v) is 9.19. The van der Waals surface area contributed by atoms with E-state index in [1.807, 2.05) is 23.2 Å². The molecule has 0 spiro atoms. The Bertz CT molecular complexity index is 839. The number of piperidine rings is 1. The topological polar surface area (TPSA) is 46.1 Å². The minimum absolute atomic E-state index is 0.128. The number of rotatable bonds is 3. The van der Waals surface area contributed by atoms with Gasteiger partial charge in [-0.15, -0.1) is 11.3 Å². The van der Waals surface area contributed by atoms with Gasteiger partial charge in [-0.3, -0.25) is 14.8 Å². The van der Waals surface area contributed by atoms with Crippen LogP contribution in [0.3, 0.4) is 0 Å². The van der Waals surface area contributed by atoms with Crippen molar-refractivity contribution in [3.63, 3.8) is 0 Å². The maximum absolute atomic E-state index is 12.4. The summed E-state index contributed by atoms with van der Waals surface area (Å²) in [5.74, 6) is 0.752. The van der Waals surface area contributed by atoms with Gasteiger partial charge in [0.15, 0.2) is 0 Å². The maximum Gasteiger partial charge on any atom is 0.265 e. The molecule has 1 saturated heterocycles. The highest BCUT2D eigenvalue weighted by Crippen LogP contribution is 2.24. The minimum Gasteiger partial charge on any atom is -0.338 e. The lowest BCUT2D eigenvalue weighted by atomic mass is 9.90. The Balaban J connectivity index is 1.38. The lowest BCUT2D eigenvalue weighted by Gasteiger charge is -2.31. The first-order chi connectivity index (χ1) is 11.8. The van der Waals surface area contributed by atoms with E-state index in [0.717, 1.165) is 42.7 Å². The van der Waals surface area contributed by atoms with Crippen LogP contribution in [0.2, 0.25) is 0 Å². The summed E-state index contributed by atoms with van der Waals surface area (Å²) in [5.41, 5.74) is 4.05. The molecule has 0 aliphatic carbocycles. The highest BCUT2D eigenvalue weighted by Gasteiger charge is 2.24. The normalized spacial score (nSPS) is 15.8. The number of thiazole rings is 1. The molecular weight excluding hydrogens is 318 g/mol. The SMILES string of the molecule is O=C(c1cncs1)N1CCC(Cc2cnc3ccccc3c2)CC1. The molecule has 122 valence electrons. The number of amides is 1. The van der Waals surface area contributed by atoms with Gasteiger partial charge in [-0.25, -0.2) is 0 Å². The molecule has 0 saturated carbocycles. The Labute approximate surface area is 145 Å². The van der Waals surface area contributed by atoms with Gasteiger partial charge in [-0.1, -0.05) is 18.2 Å². The van der Waals surface area contributed by atoms with E-state index >= 15 is 0 Å². The van der Waals surface area contributed by atoms with Gasteiger partial charge in [0.25, 0.3) is 5.91 Å². The fourth-order valence-corrected chi connectivity index (χ4v) is 3.97. The van der Waals surface area contributed by atoms with E-state index in [-0.39, 0.29) is 5.91 Å². The van der Waals surface area contributed by atoms with Crippen LogP contribution in [0, 0.1) is 5.92 Å². The molecule has 3 aromatic rings. The quantitative estimate of drug-likeness (QED) is 0.730. The zero-order valence-electron chi connectivity index (χ0n) is 13.4. The molecule has 3 heterocycles. The molecule has 24 heavy (non-hydrogen) atoms. The van der Waals surface area contributed by atoms with E-state index in [1.54, 1.807) is 11.7 Å². The van der Waals surface area contributed by atoms with Gasteiger partial charge in [0.2, 0.25) is 0 Å². The summed E-state index contributed by atoms with van der Waals surface area (Å²) >= 11 is 1.42. The number of fused-ring (bicyclic) bond motifs is 1. The second-order valence-corrected chi connectivity index (χ2v) is 7.23. The largest absolute Gasteiger partial charge is 0.338 e. The van der Waals surface area contributed by atoms with Crippen LogP contribution in [-0.2, 0) is 6.42 Å². The number of hydrogen-bond donors (Lipinski definition) is 0. The molecule has 0 radical (unpaired) electrons. The zero-order chi connectivity index (χ0) is 16.4. The van der Waals surface area contributed by atoms with E-state index in [4.69, 9.17) is 0 Å². The summed E-state index contributed by atoms with van der Waals surface area (Å²) in [6.45, 7) is 1.67. The summed E-state index contributed by atoms with van der Waals surface area (Å²) < 4.78 is 0. The number of carbonyl (C=O) groups excluding carboxylic acids is 1. The van der Waals surface area contributed by atoms with Crippen LogP contribution in [0.1, 0.15) is 28.1 Å². The molecule has 0 unspecified atom stereocenters. The van der Waals surface area contributed by atoms with Gasteiger partial charge in [-0.05, 0) is 42.9 Å². The fourth-order valence-electron chi connectivity index (χ4n) is 3.38. The van der Waals surface area contributed by atoms with Crippen molar-refractivity contribution in [2.45, 2.75) is 19.3 Å². The molecule has 1 fully saturated rings. The Morgan fingerprint density at radius 3 is 2.83 bits per heavy atom. The predicted molar refractivity (Wildman–Crippen MR) is 96.2 cm³/mol. The Morgan fingerprint density at radius 1 is 1.21 bits per heavy atom. The third-order valence-corrected chi connectivity index (χ3v) is 5.48. The number of nitrogens with zero attached hydrogens (tertiary/aromatic N) is 3. The second kappa shape index (κ2) is 6.69. The Hall–Kier alpha value is -2.27. The number of carbonyl (C=O) groups is 1. The molecule has 5 heteroatoms. The van der Waals surface area contributed by atoms with Gasteiger partial charge in [0.1, 0.15) is 4.88 Å². The smallest absolute Gasteiger partial charge is 0.265 e. The number of likely N-dealkylation sites (tertiary alicyclic amines) is 1. The highest BCUT2D eigenvalue weighted by atomic mass is 32.1. The van der Waals surface area contributed by atoms with E-state index in [1.165, 1.54) is 22.3 Å². The van der Waals surface area contributed by atoms with Crippen LogP contribution < -0.4 is 0 Å². The number of aromatic nitrogens is 2. The molecular formula is C19H19N3OS. The fraction of sp³-hybridized carbons (Fsp3) is 0.316. The van der Waals surface area contributed by atoms with Crippen molar-refractivity contribution in [3.05, 3.63) is 58.7 Å². The van der Waals surface area contributed by atoms with E-state index in [9.17, 15) is 4.79 Å². The lowest BCUT2D eigenvalue weighted by Crippen LogP contribution is -2.38. The molecule has 4 nitrogen and oxygen atoms in total. The van der Waals surface area contributed by atoms with Crippen molar-refractivity contribution >= 4 is 28.1 Å². The maximum atomic E-state index is 12.4. The van der Waals surface area contributed by atoms with Crippen molar-refractivity contribution in [1.29, 1.82) is 0 Å². The molecule has 0 N–H and O–H groups in total. The average molecular weight is 337 g/mol. The summed E-state index contributed by atoms with van der Waals surface area (Å²) in [7, 11) is 0. The number of pyridine rings is 1. The molecule has 1 aromatic carbocycles. The van der Waals surface area contributed by atoms with Gasteiger partial charge >= 0.3 is 0 Å². The van der Waals surface area contributed by atoms with Crippen LogP contribution in [0.5, 0.6) is 0 Å². The first-order valence-electron chi connectivity index (χ1n) is 8.31. The van der Waals surface area contributed by atoms with E-state index in [2.05, 4.69) is 28.2 Å². The summed E-state index contributed by atoms with van der Waals surface area (Å²) in [4.78, 5) is 23.6. The first kappa shape index (κ1) is 15.3. The van der Waals surface area contributed by atoms with Gasteiger partial charge < -0.3 is 4.90 Å². The van der Waals surface area contributed by atoms with E-state index < -0.39 is 0 Å². The minimum atomic E-state index is 0.128. The van der Waals surface area contributed by atoms with Crippen molar-refractivity contribution in [2.24, 2.45) is 5.92 Å². The molecule has 1 aliphatic heterocycles. The van der Waals surface area contributed by atoms with Gasteiger partial charge in [0, 0.05) is 24.7 Å². The molecule has 0 atom stereocenters. The molecule has 0 bridgehead atoms. The number of benzene rings is 1. The van der Waals surface area contributed by atoms with Crippen molar-refractivity contribution in [2.75, 3.05) is 13.1 Å². The number of hydrogen-bond acceptors (Lipinski definition) is 4. The molecule has 1 aliphatic rings. The van der Waals surface area contributed by atoms with Gasteiger partial charge in [0.05, 0.1) is 17.2 Å². The van der Waals surface area contributed by atoms with Crippen LogP contribution in [0.25, 0.3) is 10.9 Å². The van der Waals surface area contributed by atoms with E-state index in [0.29, 0.717) is 5.92 Å². The molecule has 1 amide bonds. The standard InChI is InChI=1S/C19H19N3OS/c23-19(18-12-20-13-24-18)22-7-5-14(6-8-22)9-15-10-16-3-1-2-4-17(16)21-11-15/h1-4,10-14H,5-9H2. The summed E-state index contributed by atoms with van der Waals surface area (Å²) in [5, 5.41) is 1.20. The predicted octanol–water partition coefficient (Wildman–Crippen LogP) is 3.79. The van der Waals surface area contributed by atoms with Crippen LogP contribution in [0.4, 0.5) is 0 Å². The van der Waals surface area contributed by atoms with Crippen molar-refractivity contribution in [1.82, 2.24) is 14.9 Å². The van der Waals surface area contributed by atoms with Crippen molar-refractivity contribution < 1.29 is 4.79 Å². The molecule has 4 rings (SSSR count). The third kappa shape index (κ3) is 3.17. The Kier molecular flexibility index (Phi) is 4.26. The van der Waals surface area contributed by atoms with Crippen LogP contribution in [0.15, 0.2) is 48.2 Å². The zero-order valence-corrected chi connectivity index (χ0v) is 14.2. The van der Waals surface area contributed by atoms with Crippen LogP contribution >= 0.6 is 11.3 Å². The molecule has 2 aromatic heterocycles. The van der Waals surface area contributed by atoms with Crippen LogP contribution in [-0.4, -0.2) is 33.9 Å². The third-order valence-electron chi connectivity index (χ3n) is 4.72. The Morgan fingerprint density at radius 2 is 2.04 bits per heavy atom. The average Bonchev–Trinajstić information content (AvgIpc) is 3.16. The summed E-state index contributed by atoms with van der Waals surface area (Å²) in [6, 6.07) is 10.5. The highest BCUT2D eigenvalue weighted by molar-refractivity contribution is 7.11. The van der Waals surface area contributed by atoms with Gasteiger partial charge in [-0.2, -0.15) is 0 Å². The second-order valence-electron chi connectivity index (χ2n) is 6.34. The number of para-hydroxylation sites is 1.